The van der Waals surface area contributed by atoms with E-state index in [4.69, 9.17) is 9.47 Å². The van der Waals surface area contributed by atoms with Crippen molar-refractivity contribution in [2.45, 2.75) is 19.4 Å². The van der Waals surface area contributed by atoms with Crippen molar-refractivity contribution in [3.63, 3.8) is 0 Å². The first-order valence-corrected chi connectivity index (χ1v) is 7.76. The van der Waals surface area contributed by atoms with Crippen LogP contribution in [0, 0.1) is 5.82 Å². The lowest BCUT2D eigenvalue weighted by Crippen LogP contribution is -3.14. The van der Waals surface area contributed by atoms with Crippen LogP contribution in [-0.4, -0.2) is 51.4 Å². The van der Waals surface area contributed by atoms with Gasteiger partial charge in [0, 0.05) is 13.0 Å². The Labute approximate surface area is 130 Å². The van der Waals surface area contributed by atoms with Crippen LogP contribution in [0.25, 0.3) is 0 Å². The normalized spacial score (nSPS) is 17.0. The lowest BCUT2D eigenvalue weighted by molar-refractivity contribution is -0.908. The number of carbonyl (C=O) groups is 1. The SMILES string of the molecule is C[C@H](Oc1ccc(F)cc1)C(=O)NCCC[NH+]1CCOCC1. The van der Waals surface area contributed by atoms with E-state index in [0.717, 1.165) is 39.3 Å². The van der Waals surface area contributed by atoms with Crippen LogP contribution in [-0.2, 0) is 9.53 Å². The first kappa shape index (κ1) is 16.7. The quantitative estimate of drug-likeness (QED) is 0.698. The lowest BCUT2D eigenvalue weighted by atomic mass is 10.3. The van der Waals surface area contributed by atoms with Gasteiger partial charge in [-0.25, -0.2) is 4.39 Å². The third-order valence-corrected chi connectivity index (χ3v) is 3.70. The molecule has 1 aliphatic rings. The number of carbonyl (C=O) groups excluding carboxylic acids is 1. The van der Waals surface area contributed by atoms with Gasteiger partial charge in [-0.15, -0.1) is 0 Å². The highest BCUT2D eigenvalue weighted by Gasteiger charge is 2.16. The van der Waals surface area contributed by atoms with Gasteiger partial charge < -0.3 is 19.7 Å². The molecule has 5 nitrogen and oxygen atoms in total. The van der Waals surface area contributed by atoms with Crippen LogP contribution < -0.4 is 15.0 Å². The first-order valence-electron chi connectivity index (χ1n) is 7.76. The summed E-state index contributed by atoms with van der Waals surface area (Å²) in [6.07, 6.45) is 0.339. The Morgan fingerprint density at radius 2 is 2.05 bits per heavy atom. The highest BCUT2D eigenvalue weighted by molar-refractivity contribution is 5.80. The summed E-state index contributed by atoms with van der Waals surface area (Å²) in [7, 11) is 0. The summed E-state index contributed by atoms with van der Waals surface area (Å²) in [5.74, 6) is 0.0122. The van der Waals surface area contributed by atoms with Crippen molar-refractivity contribution in [3.05, 3.63) is 30.1 Å². The minimum Gasteiger partial charge on any atom is -0.481 e. The molecule has 2 N–H and O–H groups in total. The molecule has 0 spiro atoms. The number of amides is 1. The van der Waals surface area contributed by atoms with Crippen LogP contribution in [0.15, 0.2) is 24.3 Å². The zero-order valence-electron chi connectivity index (χ0n) is 12.9. The smallest absolute Gasteiger partial charge is 0.260 e. The largest absolute Gasteiger partial charge is 0.481 e. The van der Waals surface area contributed by atoms with Gasteiger partial charge in [0.05, 0.1) is 19.8 Å². The molecule has 1 atom stereocenters. The van der Waals surface area contributed by atoms with Crippen molar-refractivity contribution in [2.24, 2.45) is 0 Å². The molecular weight excluding hydrogens is 287 g/mol. The molecule has 0 radical (unpaired) electrons. The molecule has 0 bridgehead atoms. The van der Waals surface area contributed by atoms with Crippen molar-refractivity contribution in [2.75, 3.05) is 39.4 Å². The fourth-order valence-electron chi connectivity index (χ4n) is 2.37. The van der Waals surface area contributed by atoms with Gasteiger partial charge in [0.1, 0.15) is 24.7 Å². The number of rotatable bonds is 7. The molecule has 1 aliphatic heterocycles. The predicted octanol–water partition coefficient (Wildman–Crippen LogP) is 0.0144. The van der Waals surface area contributed by atoms with Gasteiger partial charge >= 0.3 is 0 Å². The molecular formula is C16H24FN2O3+. The first-order chi connectivity index (χ1) is 10.6. The molecule has 6 heteroatoms. The second-order valence-corrected chi connectivity index (χ2v) is 5.47. The highest BCUT2D eigenvalue weighted by Crippen LogP contribution is 2.12. The average molecular weight is 311 g/mol. The summed E-state index contributed by atoms with van der Waals surface area (Å²) < 4.78 is 23.6. The topological polar surface area (TPSA) is 52.0 Å². The molecule has 1 heterocycles. The van der Waals surface area contributed by atoms with E-state index in [1.54, 1.807) is 6.92 Å². The lowest BCUT2D eigenvalue weighted by Gasteiger charge is -2.23. The van der Waals surface area contributed by atoms with Crippen LogP contribution in [0.1, 0.15) is 13.3 Å². The zero-order chi connectivity index (χ0) is 15.8. The molecule has 0 aliphatic carbocycles. The van der Waals surface area contributed by atoms with E-state index in [2.05, 4.69) is 5.32 Å². The number of hydrogen-bond acceptors (Lipinski definition) is 3. The fraction of sp³-hybridized carbons (Fsp3) is 0.562. The Kier molecular flexibility index (Phi) is 6.61. The molecule has 1 amide bonds. The zero-order valence-corrected chi connectivity index (χ0v) is 12.9. The van der Waals surface area contributed by atoms with Gasteiger partial charge in [-0.2, -0.15) is 0 Å². The maximum Gasteiger partial charge on any atom is 0.260 e. The summed E-state index contributed by atoms with van der Waals surface area (Å²) in [6.45, 7) is 7.09. The maximum absolute atomic E-state index is 12.8. The van der Waals surface area contributed by atoms with E-state index in [1.807, 2.05) is 0 Å². The Hall–Kier alpha value is -1.66. The Morgan fingerprint density at radius 3 is 2.73 bits per heavy atom. The number of morpholine rings is 1. The average Bonchev–Trinajstić information content (AvgIpc) is 2.54. The molecule has 1 fully saturated rings. The minimum atomic E-state index is -0.596. The van der Waals surface area contributed by atoms with Gasteiger partial charge in [0.25, 0.3) is 5.91 Å². The van der Waals surface area contributed by atoms with Crippen molar-refractivity contribution in [1.82, 2.24) is 5.32 Å². The van der Waals surface area contributed by atoms with E-state index in [1.165, 1.54) is 29.2 Å². The second-order valence-electron chi connectivity index (χ2n) is 5.47. The van der Waals surface area contributed by atoms with E-state index in [9.17, 15) is 9.18 Å². The number of nitrogens with one attached hydrogen (secondary N) is 2. The molecule has 22 heavy (non-hydrogen) atoms. The number of hydrogen-bond donors (Lipinski definition) is 2. The van der Waals surface area contributed by atoms with E-state index in [0.29, 0.717) is 12.3 Å². The predicted molar refractivity (Wildman–Crippen MR) is 80.5 cm³/mol. The standard InChI is InChI=1S/C16H23FN2O3/c1-13(22-15-5-3-14(17)4-6-15)16(20)18-7-2-8-19-9-11-21-12-10-19/h3-6,13H,2,7-12H2,1H3,(H,18,20)/p+1/t13-/m0/s1. The van der Waals surface area contributed by atoms with E-state index < -0.39 is 6.10 Å². The molecule has 0 unspecified atom stereocenters. The van der Waals surface area contributed by atoms with Crippen LogP contribution in [0.4, 0.5) is 4.39 Å². The number of benzene rings is 1. The molecule has 1 aromatic rings. The Morgan fingerprint density at radius 1 is 1.36 bits per heavy atom. The second kappa shape index (κ2) is 8.70. The molecule has 0 aromatic heterocycles. The number of quaternary nitrogens is 1. The minimum absolute atomic E-state index is 0.152. The maximum atomic E-state index is 12.8. The third kappa shape index (κ3) is 5.61. The van der Waals surface area contributed by atoms with Crippen LogP contribution in [0.3, 0.4) is 0 Å². The summed E-state index contributed by atoms with van der Waals surface area (Å²) in [6, 6.07) is 5.65. The molecule has 2 rings (SSSR count). The number of halogens is 1. The van der Waals surface area contributed by atoms with Crippen molar-refractivity contribution in [1.29, 1.82) is 0 Å². The van der Waals surface area contributed by atoms with Crippen LogP contribution >= 0.6 is 0 Å². The Bertz CT molecular complexity index is 461. The van der Waals surface area contributed by atoms with Gasteiger partial charge in [-0.3, -0.25) is 4.79 Å². The summed E-state index contributed by atoms with van der Waals surface area (Å²) in [5, 5.41) is 2.87. The molecule has 0 saturated carbocycles. The monoisotopic (exact) mass is 311 g/mol. The fourth-order valence-corrected chi connectivity index (χ4v) is 2.37. The van der Waals surface area contributed by atoms with E-state index >= 15 is 0 Å². The summed E-state index contributed by atoms with van der Waals surface area (Å²) in [4.78, 5) is 13.5. The molecule has 122 valence electrons. The van der Waals surface area contributed by atoms with Crippen LogP contribution in [0.2, 0.25) is 0 Å². The highest BCUT2D eigenvalue weighted by atomic mass is 19.1. The summed E-state index contributed by atoms with van der Waals surface area (Å²) in [5.41, 5.74) is 0. The van der Waals surface area contributed by atoms with Crippen molar-refractivity contribution >= 4 is 5.91 Å². The van der Waals surface area contributed by atoms with Gasteiger partial charge in [0.15, 0.2) is 6.10 Å². The van der Waals surface area contributed by atoms with Gasteiger partial charge in [-0.1, -0.05) is 0 Å². The Balaban J connectivity index is 1.62. The van der Waals surface area contributed by atoms with Crippen LogP contribution in [0.5, 0.6) is 5.75 Å². The molecule has 1 saturated heterocycles. The summed E-state index contributed by atoms with van der Waals surface area (Å²) >= 11 is 0. The third-order valence-electron chi connectivity index (χ3n) is 3.70. The van der Waals surface area contributed by atoms with Crippen molar-refractivity contribution in [3.8, 4) is 5.75 Å². The van der Waals surface area contributed by atoms with Gasteiger partial charge in [0.2, 0.25) is 0 Å². The van der Waals surface area contributed by atoms with E-state index in [-0.39, 0.29) is 11.7 Å². The van der Waals surface area contributed by atoms with Crippen molar-refractivity contribution < 1.29 is 23.6 Å². The number of ether oxygens (including phenoxy) is 2. The molecule has 1 aromatic carbocycles. The van der Waals surface area contributed by atoms with Gasteiger partial charge in [-0.05, 0) is 31.2 Å².